The van der Waals surface area contributed by atoms with Gasteiger partial charge in [-0.1, -0.05) is 24.3 Å². The van der Waals surface area contributed by atoms with Gasteiger partial charge in [-0.05, 0) is 29.0 Å². The summed E-state index contributed by atoms with van der Waals surface area (Å²) in [7, 11) is 0. The molecule has 3 rings (SSSR count). The molecule has 1 saturated heterocycles. The number of non-ortho nitro benzene ring substituents is 2. The topological polar surface area (TPSA) is 124 Å². The maximum absolute atomic E-state index is 12.5. The molecule has 10 heteroatoms. The molecular weight excluding hydrogens is 374 g/mol. The molecule has 2 aromatic rings. The van der Waals surface area contributed by atoms with E-state index in [1.54, 1.807) is 6.07 Å². The van der Waals surface area contributed by atoms with E-state index in [1.807, 2.05) is 0 Å². The van der Waals surface area contributed by atoms with E-state index in [-0.39, 0.29) is 22.8 Å². The lowest BCUT2D eigenvalue weighted by molar-refractivity contribution is -0.385. The van der Waals surface area contributed by atoms with Crippen molar-refractivity contribution in [2.45, 2.75) is 6.54 Å². The summed E-state index contributed by atoms with van der Waals surface area (Å²) in [5.41, 5.74) is 0.803. The number of thioether (sulfide) groups is 1. The summed E-state index contributed by atoms with van der Waals surface area (Å²) in [5, 5.41) is 21.0. The first-order valence-corrected chi connectivity index (χ1v) is 8.40. The number of carbonyl (C=O) groups is 2. The molecule has 1 heterocycles. The third kappa shape index (κ3) is 4.01. The van der Waals surface area contributed by atoms with Crippen molar-refractivity contribution in [3.63, 3.8) is 0 Å². The van der Waals surface area contributed by atoms with Crippen LogP contribution in [0.2, 0.25) is 0 Å². The van der Waals surface area contributed by atoms with E-state index in [2.05, 4.69) is 0 Å². The van der Waals surface area contributed by atoms with Gasteiger partial charge in [0.1, 0.15) is 0 Å². The Labute approximate surface area is 156 Å². The van der Waals surface area contributed by atoms with Crippen LogP contribution in [0.15, 0.2) is 53.4 Å². The standard InChI is InChI=1S/C17H11N3O6S/c21-16-15(9-12-2-1-3-14(8-12)20(25)26)27-17(22)18(16)10-11-4-6-13(7-5-11)19(23)24/h1-9H,10H2/b15-9+. The predicted molar refractivity (Wildman–Crippen MR) is 97.7 cm³/mol. The first-order valence-electron chi connectivity index (χ1n) is 7.58. The van der Waals surface area contributed by atoms with Gasteiger partial charge in [-0.15, -0.1) is 0 Å². The van der Waals surface area contributed by atoms with Gasteiger partial charge in [-0.2, -0.15) is 0 Å². The monoisotopic (exact) mass is 385 g/mol. The van der Waals surface area contributed by atoms with Gasteiger partial charge >= 0.3 is 0 Å². The smallest absolute Gasteiger partial charge is 0.268 e. The fourth-order valence-corrected chi connectivity index (χ4v) is 3.26. The van der Waals surface area contributed by atoms with Gasteiger partial charge in [0.05, 0.1) is 21.3 Å². The summed E-state index contributed by atoms with van der Waals surface area (Å²) in [6.07, 6.45) is 1.42. The van der Waals surface area contributed by atoms with Crippen molar-refractivity contribution in [1.82, 2.24) is 4.90 Å². The number of rotatable bonds is 5. The highest BCUT2D eigenvalue weighted by Crippen LogP contribution is 2.33. The van der Waals surface area contributed by atoms with E-state index < -0.39 is 21.0 Å². The first kappa shape index (κ1) is 18.3. The van der Waals surface area contributed by atoms with Crippen molar-refractivity contribution >= 4 is 40.4 Å². The van der Waals surface area contributed by atoms with Crippen molar-refractivity contribution in [2.75, 3.05) is 0 Å². The summed E-state index contributed by atoms with van der Waals surface area (Å²) >= 11 is 0.739. The van der Waals surface area contributed by atoms with Crippen LogP contribution in [-0.4, -0.2) is 25.9 Å². The number of nitro benzene ring substituents is 2. The summed E-state index contributed by atoms with van der Waals surface area (Å²) in [5.74, 6) is -0.519. The van der Waals surface area contributed by atoms with Crippen molar-refractivity contribution in [2.24, 2.45) is 0 Å². The minimum absolute atomic E-state index is 0.0189. The van der Waals surface area contributed by atoms with E-state index in [0.717, 1.165) is 16.7 Å². The molecule has 27 heavy (non-hydrogen) atoms. The Bertz CT molecular complexity index is 986. The Morgan fingerprint density at radius 3 is 2.26 bits per heavy atom. The van der Waals surface area contributed by atoms with Gasteiger partial charge in [-0.3, -0.25) is 34.7 Å². The molecule has 0 aromatic heterocycles. The third-order valence-corrected chi connectivity index (χ3v) is 4.65. The molecule has 2 amide bonds. The van der Waals surface area contributed by atoms with E-state index in [9.17, 15) is 29.8 Å². The van der Waals surface area contributed by atoms with Crippen LogP contribution < -0.4 is 0 Å². The van der Waals surface area contributed by atoms with Gasteiger partial charge in [0.2, 0.25) is 0 Å². The second-order valence-electron chi connectivity index (χ2n) is 5.54. The van der Waals surface area contributed by atoms with Crippen LogP contribution in [0.25, 0.3) is 6.08 Å². The third-order valence-electron chi connectivity index (χ3n) is 3.74. The molecule has 2 aromatic carbocycles. The summed E-state index contributed by atoms with van der Waals surface area (Å²) in [6, 6.07) is 11.3. The minimum atomic E-state index is -0.544. The molecular formula is C17H11N3O6S. The highest BCUT2D eigenvalue weighted by Gasteiger charge is 2.35. The molecule has 0 atom stereocenters. The zero-order chi connectivity index (χ0) is 19.6. The number of nitro groups is 2. The van der Waals surface area contributed by atoms with Crippen LogP contribution in [0.4, 0.5) is 16.2 Å². The lowest BCUT2D eigenvalue weighted by Crippen LogP contribution is -2.27. The van der Waals surface area contributed by atoms with Crippen LogP contribution in [0.3, 0.4) is 0 Å². The van der Waals surface area contributed by atoms with Gasteiger partial charge in [-0.25, -0.2) is 0 Å². The largest absolute Gasteiger partial charge is 0.293 e. The minimum Gasteiger partial charge on any atom is -0.268 e. The molecule has 1 fully saturated rings. The van der Waals surface area contributed by atoms with Crippen molar-refractivity contribution in [3.05, 3.63) is 84.8 Å². The molecule has 0 aliphatic carbocycles. The Morgan fingerprint density at radius 1 is 0.963 bits per heavy atom. The number of carbonyl (C=O) groups excluding carboxylic acids is 2. The van der Waals surface area contributed by atoms with Crippen LogP contribution in [-0.2, 0) is 11.3 Å². The van der Waals surface area contributed by atoms with Crippen LogP contribution in [0, 0.1) is 20.2 Å². The van der Waals surface area contributed by atoms with Gasteiger partial charge < -0.3 is 0 Å². The number of nitrogens with zero attached hydrogens (tertiary/aromatic N) is 3. The number of hydrogen-bond acceptors (Lipinski definition) is 7. The molecule has 1 aliphatic rings. The SMILES string of the molecule is O=C1S/C(=C/c2cccc([N+](=O)[O-])c2)C(=O)N1Cc1ccc([N+](=O)[O-])cc1. The van der Waals surface area contributed by atoms with E-state index >= 15 is 0 Å². The van der Waals surface area contributed by atoms with Crippen molar-refractivity contribution in [3.8, 4) is 0 Å². The second kappa shape index (κ2) is 7.38. The van der Waals surface area contributed by atoms with Gasteiger partial charge in [0, 0.05) is 24.3 Å². The normalized spacial score (nSPS) is 15.4. The molecule has 0 spiro atoms. The maximum Gasteiger partial charge on any atom is 0.293 e. The Morgan fingerprint density at radius 2 is 1.63 bits per heavy atom. The lowest BCUT2D eigenvalue weighted by atomic mass is 10.1. The number of amides is 2. The van der Waals surface area contributed by atoms with Gasteiger partial charge in [0.25, 0.3) is 22.5 Å². The molecule has 0 bridgehead atoms. The average Bonchev–Trinajstić information content (AvgIpc) is 2.90. The van der Waals surface area contributed by atoms with Crippen molar-refractivity contribution < 1.29 is 19.4 Å². The maximum atomic E-state index is 12.5. The summed E-state index contributed by atoms with van der Waals surface area (Å²) in [4.78, 5) is 46.3. The fourth-order valence-electron chi connectivity index (χ4n) is 2.42. The Balaban J connectivity index is 1.79. The number of benzene rings is 2. The number of imide groups is 1. The molecule has 9 nitrogen and oxygen atoms in total. The molecule has 0 N–H and O–H groups in total. The average molecular weight is 385 g/mol. The zero-order valence-corrected chi connectivity index (χ0v) is 14.4. The van der Waals surface area contributed by atoms with E-state index in [0.29, 0.717) is 11.1 Å². The molecule has 0 saturated carbocycles. The molecule has 0 radical (unpaired) electrons. The molecule has 136 valence electrons. The highest BCUT2D eigenvalue weighted by atomic mass is 32.2. The van der Waals surface area contributed by atoms with Crippen LogP contribution in [0.5, 0.6) is 0 Å². The summed E-state index contributed by atoms with van der Waals surface area (Å²) in [6.45, 7) is -0.0189. The predicted octanol–water partition coefficient (Wildman–Crippen LogP) is 3.74. The van der Waals surface area contributed by atoms with E-state index in [1.165, 1.54) is 48.5 Å². The van der Waals surface area contributed by atoms with Gasteiger partial charge in [0.15, 0.2) is 0 Å². The molecule has 0 unspecified atom stereocenters. The van der Waals surface area contributed by atoms with Crippen molar-refractivity contribution in [1.29, 1.82) is 0 Å². The number of hydrogen-bond donors (Lipinski definition) is 0. The highest BCUT2D eigenvalue weighted by molar-refractivity contribution is 8.18. The van der Waals surface area contributed by atoms with Crippen LogP contribution in [0.1, 0.15) is 11.1 Å². The Hall–Kier alpha value is -3.53. The quantitative estimate of drug-likeness (QED) is 0.436. The second-order valence-corrected chi connectivity index (χ2v) is 6.54. The Kier molecular flexibility index (Phi) is 4.99. The molecule has 1 aliphatic heterocycles. The zero-order valence-electron chi connectivity index (χ0n) is 13.6. The summed E-state index contributed by atoms with van der Waals surface area (Å²) < 4.78 is 0. The lowest BCUT2D eigenvalue weighted by Gasteiger charge is -2.12. The van der Waals surface area contributed by atoms with Crippen LogP contribution >= 0.6 is 11.8 Å². The first-order chi connectivity index (χ1) is 12.8. The fraction of sp³-hybridized carbons (Fsp3) is 0.0588. The van der Waals surface area contributed by atoms with E-state index in [4.69, 9.17) is 0 Å².